The van der Waals surface area contributed by atoms with Crippen molar-refractivity contribution in [2.45, 2.75) is 17.2 Å². The summed E-state index contributed by atoms with van der Waals surface area (Å²) >= 11 is 3.61. The van der Waals surface area contributed by atoms with E-state index in [9.17, 15) is 0 Å². The van der Waals surface area contributed by atoms with Crippen LogP contribution in [0.3, 0.4) is 0 Å². The van der Waals surface area contributed by atoms with Crippen LogP contribution in [0.5, 0.6) is 0 Å². The Bertz CT molecular complexity index is 468. The monoisotopic (exact) mass is 264 g/mol. The predicted molar refractivity (Wildman–Crippen MR) is 59.2 cm³/mol. The third kappa shape index (κ3) is 1.67. The van der Waals surface area contributed by atoms with Gasteiger partial charge in [0.15, 0.2) is 0 Å². The van der Waals surface area contributed by atoms with Gasteiger partial charge in [0.2, 0.25) is 0 Å². The minimum atomic E-state index is 0.640. The molecule has 5 heteroatoms. The maximum absolute atomic E-state index is 3.87. The van der Waals surface area contributed by atoms with E-state index in [1.54, 1.807) is 11.0 Å². The van der Waals surface area contributed by atoms with Crippen molar-refractivity contribution in [3.05, 3.63) is 36.2 Å². The zero-order chi connectivity index (χ0) is 10.3. The molecule has 1 saturated carbocycles. The van der Waals surface area contributed by atoms with E-state index >= 15 is 0 Å². The van der Waals surface area contributed by atoms with Crippen LogP contribution >= 0.6 is 15.9 Å². The maximum Gasteiger partial charge on any atom is 0.143 e. The van der Waals surface area contributed by atoms with Crippen molar-refractivity contribution in [1.29, 1.82) is 0 Å². The van der Waals surface area contributed by atoms with Gasteiger partial charge in [-0.25, -0.2) is 4.68 Å². The highest BCUT2D eigenvalue weighted by Crippen LogP contribution is 2.46. The minimum Gasteiger partial charge on any atom is -0.201 e. The number of hydrogen-bond acceptors (Lipinski definition) is 3. The molecule has 0 bridgehead atoms. The molecule has 0 amide bonds. The van der Waals surface area contributed by atoms with Crippen molar-refractivity contribution in [1.82, 2.24) is 20.2 Å². The lowest BCUT2D eigenvalue weighted by Crippen LogP contribution is -1.96. The van der Waals surface area contributed by atoms with E-state index in [1.165, 1.54) is 12.0 Å². The average molecular weight is 265 g/mol. The molecule has 0 N–H and O–H groups in total. The summed E-state index contributed by atoms with van der Waals surface area (Å²) in [5, 5.41) is 11.1. The van der Waals surface area contributed by atoms with Gasteiger partial charge >= 0.3 is 0 Å². The molecule has 0 aliphatic heterocycles. The van der Waals surface area contributed by atoms with Gasteiger partial charge in [-0.3, -0.25) is 0 Å². The van der Waals surface area contributed by atoms with E-state index in [2.05, 4.69) is 43.6 Å². The van der Waals surface area contributed by atoms with Crippen molar-refractivity contribution in [3.8, 4) is 5.69 Å². The molecular weight excluding hydrogens is 256 g/mol. The summed E-state index contributed by atoms with van der Waals surface area (Å²) in [6, 6.07) is 8.35. The Morgan fingerprint density at radius 3 is 2.93 bits per heavy atom. The molecule has 4 nitrogen and oxygen atoms in total. The molecular formula is C10H9BrN4. The summed E-state index contributed by atoms with van der Waals surface area (Å²) in [5.41, 5.74) is 2.37. The zero-order valence-electron chi connectivity index (χ0n) is 7.92. The van der Waals surface area contributed by atoms with Crippen molar-refractivity contribution in [2.75, 3.05) is 0 Å². The number of alkyl halides is 1. The van der Waals surface area contributed by atoms with Crippen LogP contribution in [0.1, 0.15) is 17.9 Å². The topological polar surface area (TPSA) is 43.6 Å². The highest BCUT2D eigenvalue weighted by Gasteiger charge is 2.35. The van der Waals surface area contributed by atoms with Crippen LogP contribution < -0.4 is 0 Å². The van der Waals surface area contributed by atoms with Gasteiger partial charge in [-0.05, 0) is 40.5 Å². The van der Waals surface area contributed by atoms with Gasteiger partial charge in [0.1, 0.15) is 6.33 Å². The van der Waals surface area contributed by atoms with Crippen molar-refractivity contribution in [3.63, 3.8) is 0 Å². The van der Waals surface area contributed by atoms with Crippen LogP contribution in [0, 0.1) is 0 Å². The van der Waals surface area contributed by atoms with Crippen LogP contribution in [0.25, 0.3) is 5.69 Å². The van der Waals surface area contributed by atoms with Gasteiger partial charge in [-0.1, -0.05) is 28.1 Å². The molecule has 1 fully saturated rings. The first kappa shape index (κ1) is 9.03. The molecule has 1 aromatic heterocycles. The first-order valence-corrected chi connectivity index (χ1v) is 5.73. The third-order valence-electron chi connectivity index (χ3n) is 2.62. The van der Waals surface area contributed by atoms with Gasteiger partial charge in [0, 0.05) is 4.83 Å². The Morgan fingerprint density at radius 1 is 1.40 bits per heavy atom. The summed E-state index contributed by atoms with van der Waals surface area (Å²) < 4.78 is 1.68. The van der Waals surface area contributed by atoms with Gasteiger partial charge in [-0.2, -0.15) is 0 Å². The van der Waals surface area contributed by atoms with Crippen molar-refractivity contribution < 1.29 is 0 Å². The molecule has 0 radical (unpaired) electrons. The third-order valence-corrected chi connectivity index (χ3v) is 3.64. The molecule has 76 valence electrons. The number of tetrazole rings is 1. The van der Waals surface area contributed by atoms with Gasteiger partial charge < -0.3 is 0 Å². The Hall–Kier alpha value is -1.23. The molecule has 1 aromatic carbocycles. The van der Waals surface area contributed by atoms with E-state index in [1.807, 2.05) is 12.1 Å². The Balaban J connectivity index is 1.97. The number of benzene rings is 1. The van der Waals surface area contributed by atoms with E-state index < -0.39 is 0 Å². The molecule has 1 aliphatic carbocycles. The minimum absolute atomic E-state index is 0.640. The fraction of sp³-hybridized carbons (Fsp3) is 0.300. The fourth-order valence-electron chi connectivity index (χ4n) is 1.69. The van der Waals surface area contributed by atoms with Gasteiger partial charge in [-0.15, -0.1) is 5.10 Å². The summed E-state index contributed by atoms with van der Waals surface area (Å²) in [6.45, 7) is 0. The van der Waals surface area contributed by atoms with Crippen molar-refractivity contribution >= 4 is 15.9 Å². The molecule has 2 unspecified atom stereocenters. The number of halogens is 1. The van der Waals surface area contributed by atoms with Crippen LogP contribution in [0.2, 0.25) is 0 Å². The first-order chi connectivity index (χ1) is 7.34. The van der Waals surface area contributed by atoms with Gasteiger partial charge in [0.25, 0.3) is 0 Å². The summed E-state index contributed by atoms with van der Waals surface area (Å²) in [4.78, 5) is 0.640. The fourth-order valence-corrected chi connectivity index (χ4v) is 2.39. The quantitative estimate of drug-likeness (QED) is 0.779. The van der Waals surface area contributed by atoms with Crippen molar-refractivity contribution in [2.24, 2.45) is 0 Å². The predicted octanol–water partition coefficient (Wildman–Crippen LogP) is 1.91. The number of hydrogen-bond donors (Lipinski definition) is 0. The molecule has 1 aliphatic rings. The zero-order valence-corrected chi connectivity index (χ0v) is 9.50. The van der Waals surface area contributed by atoms with Crippen LogP contribution in [0.4, 0.5) is 0 Å². The second kappa shape index (κ2) is 3.41. The maximum atomic E-state index is 3.87. The lowest BCUT2D eigenvalue weighted by atomic mass is 10.1. The lowest BCUT2D eigenvalue weighted by Gasteiger charge is -2.02. The van der Waals surface area contributed by atoms with Crippen LogP contribution in [0.15, 0.2) is 30.6 Å². The SMILES string of the molecule is BrC1CC1c1cccc(-n2cnnn2)c1. The molecule has 3 rings (SSSR count). The smallest absolute Gasteiger partial charge is 0.143 e. The summed E-state index contributed by atoms with van der Waals surface area (Å²) in [7, 11) is 0. The molecule has 2 aromatic rings. The Labute approximate surface area is 95.4 Å². The molecule has 1 heterocycles. The van der Waals surface area contributed by atoms with Crippen LogP contribution in [-0.4, -0.2) is 25.0 Å². The second-order valence-electron chi connectivity index (χ2n) is 3.71. The highest BCUT2D eigenvalue weighted by atomic mass is 79.9. The number of aromatic nitrogens is 4. The normalized spacial score (nSPS) is 24.1. The van der Waals surface area contributed by atoms with E-state index in [-0.39, 0.29) is 0 Å². The standard InChI is InChI=1S/C10H9BrN4/c11-10-5-9(10)7-2-1-3-8(4-7)15-6-12-13-14-15/h1-4,6,9-10H,5H2. The number of rotatable bonds is 2. The molecule has 0 saturated heterocycles. The molecule has 15 heavy (non-hydrogen) atoms. The Morgan fingerprint density at radius 2 is 2.27 bits per heavy atom. The van der Waals surface area contributed by atoms with E-state index in [0.717, 1.165) is 5.69 Å². The highest BCUT2D eigenvalue weighted by molar-refractivity contribution is 9.09. The van der Waals surface area contributed by atoms with E-state index in [0.29, 0.717) is 10.7 Å². The second-order valence-corrected chi connectivity index (χ2v) is 4.88. The largest absolute Gasteiger partial charge is 0.201 e. The average Bonchev–Trinajstić information content (AvgIpc) is 2.81. The number of nitrogens with zero attached hydrogens (tertiary/aromatic N) is 4. The first-order valence-electron chi connectivity index (χ1n) is 4.82. The summed E-state index contributed by atoms with van der Waals surface area (Å²) in [6.07, 6.45) is 2.83. The Kier molecular flexibility index (Phi) is 2.05. The molecule has 2 atom stereocenters. The lowest BCUT2D eigenvalue weighted by molar-refractivity contribution is 0.788. The van der Waals surface area contributed by atoms with Crippen LogP contribution in [-0.2, 0) is 0 Å². The van der Waals surface area contributed by atoms with Gasteiger partial charge in [0.05, 0.1) is 5.69 Å². The molecule has 0 spiro atoms. The summed E-state index contributed by atoms with van der Waals surface area (Å²) in [5.74, 6) is 0.654. The van der Waals surface area contributed by atoms with E-state index in [4.69, 9.17) is 0 Å².